The van der Waals surface area contributed by atoms with E-state index in [0.717, 1.165) is 23.4 Å². The smallest absolute Gasteiger partial charge is 0.191 e. The van der Waals surface area contributed by atoms with Crippen LogP contribution in [0.15, 0.2) is 23.3 Å². The van der Waals surface area contributed by atoms with Gasteiger partial charge in [0.05, 0.1) is 12.2 Å². The van der Waals surface area contributed by atoms with Gasteiger partial charge in [-0.2, -0.15) is 11.8 Å². The van der Waals surface area contributed by atoms with Gasteiger partial charge in [0.25, 0.3) is 0 Å². The third-order valence-electron chi connectivity index (χ3n) is 4.15. The van der Waals surface area contributed by atoms with Crippen molar-refractivity contribution in [3.63, 3.8) is 0 Å². The highest BCUT2D eigenvalue weighted by atomic mass is 32.2. The molecule has 0 spiro atoms. The van der Waals surface area contributed by atoms with E-state index in [1.807, 2.05) is 24.0 Å². The molecule has 2 unspecified atom stereocenters. The Balaban J connectivity index is 1.96. The first-order valence-electron chi connectivity index (χ1n) is 8.21. The van der Waals surface area contributed by atoms with Crippen molar-refractivity contribution in [2.24, 2.45) is 4.99 Å². The van der Waals surface area contributed by atoms with Crippen LogP contribution in [0.25, 0.3) is 0 Å². The Hall–Kier alpha value is -1.23. The number of guanidine groups is 1. The van der Waals surface area contributed by atoms with Crippen molar-refractivity contribution in [2.45, 2.75) is 57.4 Å². The number of aliphatic imine (C=N–C) groups is 1. The highest BCUT2D eigenvalue weighted by molar-refractivity contribution is 7.99. The zero-order valence-electron chi connectivity index (χ0n) is 13.9. The number of nitrogens with one attached hydrogen (secondary N) is 2. The maximum absolute atomic E-state index is 4.71. The molecule has 0 radical (unpaired) electrons. The molecular formula is C17H28N4S. The summed E-state index contributed by atoms with van der Waals surface area (Å²) in [5, 5.41) is 7.75. The van der Waals surface area contributed by atoms with Crippen LogP contribution in [0.5, 0.6) is 0 Å². The highest BCUT2D eigenvalue weighted by Crippen LogP contribution is 2.26. The Bertz CT molecular complexity index is 489. The maximum Gasteiger partial charge on any atom is 0.191 e. The minimum atomic E-state index is 0.536. The van der Waals surface area contributed by atoms with Gasteiger partial charge in [0.1, 0.15) is 0 Å². The Labute approximate surface area is 138 Å². The van der Waals surface area contributed by atoms with Crippen LogP contribution in [-0.2, 0) is 6.54 Å². The summed E-state index contributed by atoms with van der Waals surface area (Å²) in [7, 11) is 0. The molecule has 0 aromatic carbocycles. The molecule has 2 atom stereocenters. The quantitative estimate of drug-likeness (QED) is 0.646. The van der Waals surface area contributed by atoms with Gasteiger partial charge in [-0.1, -0.05) is 12.5 Å². The van der Waals surface area contributed by atoms with Crippen molar-refractivity contribution in [3.8, 4) is 0 Å². The van der Waals surface area contributed by atoms with Crippen LogP contribution < -0.4 is 10.6 Å². The van der Waals surface area contributed by atoms with Crippen LogP contribution in [0.3, 0.4) is 0 Å². The summed E-state index contributed by atoms with van der Waals surface area (Å²) in [6.45, 7) is 5.70. The lowest BCUT2D eigenvalue weighted by Crippen LogP contribution is -2.45. The van der Waals surface area contributed by atoms with Crippen LogP contribution in [0.2, 0.25) is 0 Å². The van der Waals surface area contributed by atoms with E-state index in [9.17, 15) is 0 Å². The second-order valence-corrected chi connectivity index (χ2v) is 6.97. The Morgan fingerprint density at radius 3 is 3.05 bits per heavy atom. The zero-order chi connectivity index (χ0) is 15.8. The molecule has 2 rings (SSSR count). The standard InChI is InChI=1S/C17H28N4S/c1-4-18-17(20-12-16-13(2)7-6-10-19-16)21-14-8-5-9-15(11-14)22-3/h6-7,10,14-15H,4-5,8-9,11-12H2,1-3H3,(H2,18,20,21). The molecule has 22 heavy (non-hydrogen) atoms. The van der Waals surface area contributed by atoms with Gasteiger partial charge >= 0.3 is 0 Å². The first-order valence-corrected chi connectivity index (χ1v) is 9.49. The van der Waals surface area contributed by atoms with Crippen LogP contribution in [0.4, 0.5) is 0 Å². The summed E-state index contributed by atoms with van der Waals surface area (Å²) >= 11 is 1.99. The van der Waals surface area contributed by atoms with Gasteiger partial charge in [-0.05, 0) is 51.0 Å². The highest BCUT2D eigenvalue weighted by Gasteiger charge is 2.21. The Morgan fingerprint density at radius 2 is 2.32 bits per heavy atom. The molecule has 122 valence electrons. The molecule has 0 amide bonds. The van der Waals surface area contributed by atoms with Crippen molar-refractivity contribution in [2.75, 3.05) is 12.8 Å². The molecule has 1 fully saturated rings. The van der Waals surface area contributed by atoms with Crippen molar-refractivity contribution in [1.82, 2.24) is 15.6 Å². The van der Waals surface area contributed by atoms with Gasteiger partial charge in [0.2, 0.25) is 0 Å². The van der Waals surface area contributed by atoms with Crippen molar-refractivity contribution in [1.29, 1.82) is 0 Å². The number of hydrogen-bond acceptors (Lipinski definition) is 3. The van der Waals surface area contributed by atoms with Gasteiger partial charge in [-0.3, -0.25) is 4.98 Å². The first kappa shape index (κ1) is 17.1. The topological polar surface area (TPSA) is 49.3 Å². The predicted molar refractivity (Wildman–Crippen MR) is 96.5 cm³/mol. The molecule has 2 N–H and O–H groups in total. The zero-order valence-corrected chi connectivity index (χ0v) is 14.7. The minimum Gasteiger partial charge on any atom is -0.357 e. The molecule has 1 heterocycles. The van der Waals surface area contributed by atoms with E-state index in [-0.39, 0.29) is 0 Å². The van der Waals surface area contributed by atoms with Crippen LogP contribution in [0.1, 0.15) is 43.9 Å². The van der Waals surface area contributed by atoms with Crippen molar-refractivity contribution in [3.05, 3.63) is 29.6 Å². The number of thioether (sulfide) groups is 1. The normalized spacial score (nSPS) is 22.4. The van der Waals surface area contributed by atoms with Crippen LogP contribution >= 0.6 is 11.8 Å². The van der Waals surface area contributed by atoms with Gasteiger partial charge in [-0.15, -0.1) is 0 Å². The molecule has 1 aliphatic rings. The minimum absolute atomic E-state index is 0.536. The van der Waals surface area contributed by atoms with Crippen LogP contribution in [0, 0.1) is 6.92 Å². The molecule has 1 aliphatic carbocycles. The van der Waals surface area contributed by atoms with E-state index >= 15 is 0 Å². The van der Waals surface area contributed by atoms with E-state index in [4.69, 9.17) is 4.99 Å². The predicted octanol–water partition coefficient (Wildman–Crippen LogP) is 3.12. The summed E-state index contributed by atoms with van der Waals surface area (Å²) in [6, 6.07) is 4.59. The lowest BCUT2D eigenvalue weighted by atomic mass is 9.95. The summed E-state index contributed by atoms with van der Waals surface area (Å²) in [4.78, 5) is 9.13. The van der Waals surface area contributed by atoms with E-state index in [1.165, 1.54) is 31.2 Å². The van der Waals surface area contributed by atoms with Crippen molar-refractivity contribution >= 4 is 17.7 Å². The van der Waals surface area contributed by atoms with Gasteiger partial charge in [0.15, 0.2) is 5.96 Å². The molecule has 1 aromatic rings. The molecule has 1 saturated carbocycles. The monoisotopic (exact) mass is 320 g/mol. The molecule has 4 nitrogen and oxygen atoms in total. The van der Waals surface area contributed by atoms with Gasteiger partial charge in [-0.25, -0.2) is 4.99 Å². The van der Waals surface area contributed by atoms with Gasteiger partial charge < -0.3 is 10.6 Å². The average molecular weight is 321 g/mol. The Kier molecular flexibility index (Phi) is 7.03. The molecule has 0 bridgehead atoms. The van der Waals surface area contributed by atoms with E-state index in [0.29, 0.717) is 12.6 Å². The fourth-order valence-electron chi connectivity index (χ4n) is 2.84. The second kappa shape index (κ2) is 9.03. The van der Waals surface area contributed by atoms with Crippen molar-refractivity contribution < 1.29 is 0 Å². The lowest BCUT2D eigenvalue weighted by molar-refractivity contribution is 0.419. The van der Waals surface area contributed by atoms with E-state index < -0.39 is 0 Å². The van der Waals surface area contributed by atoms with E-state index in [2.05, 4.69) is 41.8 Å². The number of aryl methyl sites for hydroxylation is 1. The lowest BCUT2D eigenvalue weighted by Gasteiger charge is -2.29. The van der Waals surface area contributed by atoms with E-state index in [1.54, 1.807) is 0 Å². The molecular weight excluding hydrogens is 292 g/mol. The third kappa shape index (κ3) is 5.20. The third-order valence-corrected chi connectivity index (χ3v) is 5.24. The fourth-order valence-corrected chi connectivity index (χ4v) is 3.67. The molecule has 0 aliphatic heterocycles. The molecule has 5 heteroatoms. The number of rotatable bonds is 5. The summed E-state index contributed by atoms with van der Waals surface area (Å²) in [5.74, 6) is 0.916. The summed E-state index contributed by atoms with van der Waals surface area (Å²) in [5.41, 5.74) is 2.24. The largest absolute Gasteiger partial charge is 0.357 e. The van der Waals surface area contributed by atoms with Crippen LogP contribution in [-0.4, -0.2) is 35.0 Å². The maximum atomic E-state index is 4.71. The number of pyridine rings is 1. The average Bonchev–Trinajstić information content (AvgIpc) is 2.54. The molecule has 0 saturated heterocycles. The summed E-state index contributed by atoms with van der Waals surface area (Å²) in [6.07, 6.45) is 9.18. The number of aromatic nitrogens is 1. The fraction of sp³-hybridized carbons (Fsp3) is 0.647. The first-order chi connectivity index (χ1) is 10.7. The van der Waals surface area contributed by atoms with Gasteiger partial charge in [0, 0.05) is 24.0 Å². The molecule has 1 aromatic heterocycles. The second-order valence-electron chi connectivity index (χ2n) is 5.83. The summed E-state index contributed by atoms with van der Waals surface area (Å²) < 4.78 is 0. The number of nitrogens with zero attached hydrogens (tertiary/aromatic N) is 2. The SMILES string of the molecule is CCNC(=NCc1ncccc1C)NC1CCCC(SC)C1. The number of hydrogen-bond donors (Lipinski definition) is 2. The Morgan fingerprint density at radius 1 is 1.45 bits per heavy atom.